The molecule has 0 amide bonds. The van der Waals surface area contributed by atoms with Gasteiger partial charge in [0.25, 0.3) is 6.17 Å². The van der Waals surface area contributed by atoms with Crippen molar-refractivity contribution in [2.45, 2.75) is 68.8 Å². The van der Waals surface area contributed by atoms with E-state index in [2.05, 4.69) is 13.3 Å². The Morgan fingerprint density at radius 1 is 0.625 bits per heavy atom. The SMILES string of the molecule is CCO[Si](OCC)(OCC)C(F)(F)CC(F)(F)C(F)(F)C(F)(F)C(F)(F)C(F)C(F)(F)F. The van der Waals surface area contributed by atoms with E-state index in [1.165, 1.54) is 0 Å². The summed E-state index contributed by atoms with van der Waals surface area (Å²) in [5, 5.41) is 0. The molecule has 0 aromatic rings. The fourth-order valence-corrected chi connectivity index (χ4v) is 4.78. The molecule has 194 valence electrons. The van der Waals surface area contributed by atoms with E-state index in [4.69, 9.17) is 0 Å². The van der Waals surface area contributed by atoms with Crippen LogP contribution in [0.1, 0.15) is 27.2 Å². The predicted octanol–water partition coefficient (Wildman–Crippen LogP) is 6.04. The third-order valence-corrected chi connectivity index (χ3v) is 6.85. The highest BCUT2D eigenvalue weighted by Gasteiger charge is 2.86. The third kappa shape index (κ3) is 5.43. The number of hydrogen-bond acceptors (Lipinski definition) is 3. The Bertz CT molecular complexity index is 593. The first-order valence-corrected chi connectivity index (χ1v) is 10.3. The molecule has 0 aliphatic carbocycles. The minimum atomic E-state index is -7.76. The highest BCUT2D eigenvalue weighted by molar-refractivity contribution is 6.63. The molecule has 0 rings (SSSR count). The molecule has 18 heteroatoms. The van der Waals surface area contributed by atoms with Gasteiger partial charge in [0.05, 0.1) is 6.42 Å². The van der Waals surface area contributed by atoms with Crippen molar-refractivity contribution in [2.75, 3.05) is 19.8 Å². The van der Waals surface area contributed by atoms with Crippen molar-refractivity contribution in [3.05, 3.63) is 0 Å². The quantitative estimate of drug-likeness (QED) is 0.216. The van der Waals surface area contributed by atoms with E-state index in [1.54, 1.807) is 0 Å². The van der Waals surface area contributed by atoms with Crippen molar-refractivity contribution >= 4 is 8.80 Å². The Morgan fingerprint density at radius 3 is 1.25 bits per heavy atom. The van der Waals surface area contributed by atoms with E-state index in [-0.39, 0.29) is 0 Å². The molecule has 0 bridgehead atoms. The summed E-state index contributed by atoms with van der Waals surface area (Å²) in [7, 11) is -5.70. The standard InChI is InChI=1S/C14H18F14O3Si/c1-4-29-32(30-5-2,31-6-3)10(18,19)7-9(16,17)13(25,26)14(27,28)11(20,21)8(15)12(22,23)24/h8H,4-7H2,1-3H3. The van der Waals surface area contributed by atoms with Gasteiger partial charge in [-0.3, -0.25) is 0 Å². The van der Waals surface area contributed by atoms with Gasteiger partial charge >= 0.3 is 44.2 Å². The zero-order valence-corrected chi connectivity index (χ0v) is 17.4. The Hall–Kier alpha value is -0.883. The molecule has 0 N–H and O–H groups in total. The fraction of sp³-hybridized carbons (Fsp3) is 1.00. The van der Waals surface area contributed by atoms with Crippen molar-refractivity contribution in [3.63, 3.8) is 0 Å². The zero-order chi connectivity index (χ0) is 26.0. The summed E-state index contributed by atoms with van der Waals surface area (Å²) < 4.78 is 200. The summed E-state index contributed by atoms with van der Waals surface area (Å²) in [6.07, 6.45) is -16.5. The van der Waals surface area contributed by atoms with Crippen LogP contribution in [-0.4, -0.2) is 70.2 Å². The second-order valence-corrected chi connectivity index (χ2v) is 8.83. The molecule has 0 aliphatic rings. The molecule has 0 saturated carbocycles. The van der Waals surface area contributed by atoms with Gasteiger partial charge < -0.3 is 13.3 Å². The van der Waals surface area contributed by atoms with Gasteiger partial charge in [0, 0.05) is 19.8 Å². The molecule has 1 unspecified atom stereocenters. The summed E-state index contributed by atoms with van der Waals surface area (Å²) in [4.78, 5) is 0. The highest BCUT2D eigenvalue weighted by Crippen LogP contribution is 2.58. The first-order chi connectivity index (χ1) is 14.0. The fourth-order valence-electron chi connectivity index (χ4n) is 2.31. The minimum Gasteiger partial charge on any atom is -0.370 e. The smallest absolute Gasteiger partial charge is 0.370 e. The van der Waals surface area contributed by atoms with Crippen LogP contribution in [0.25, 0.3) is 0 Å². The van der Waals surface area contributed by atoms with Gasteiger partial charge in [0.1, 0.15) is 0 Å². The van der Waals surface area contributed by atoms with E-state index in [9.17, 15) is 61.5 Å². The second-order valence-electron chi connectivity index (χ2n) is 6.12. The molecule has 0 aromatic carbocycles. The minimum absolute atomic E-state index is 0.743. The van der Waals surface area contributed by atoms with E-state index in [1.807, 2.05) is 0 Å². The number of hydrogen-bond donors (Lipinski definition) is 0. The maximum atomic E-state index is 14.5. The van der Waals surface area contributed by atoms with Gasteiger partial charge in [-0.2, -0.15) is 48.3 Å². The first-order valence-electron chi connectivity index (χ1n) is 8.56. The Morgan fingerprint density at radius 2 is 0.969 bits per heavy atom. The van der Waals surface area contributed by atoms with Gasteiger partial charge in [-0.05, 0) is 20.8 Å². The maximum absolute atomic E-state index is 14.5. The van der Waals surface area contributed by atoms with Crippen molar-refractivity contribution in [1.82, 2.24) is 0 Å². The van der Waals surface area contributed by atoms with Crippen LogP contribution in [0, 0.1) is 0 Å². The van der Waals surface area contributed by atoms with Crippen LogP contribution in [0.15, 0.2) is 0 Å². The molecule has 0 spiro atoms. The van der Waals surface area contributed by atoms with E-state index >= 15 is 0 Å². The third-order valence-electron chi connectivity index (χ3n) is 3.77. The normalized spacial score (nSPS) is 16.4. The lowest BCUT2D eigenvalue weighted by molar-refractivity contribution is -0.396. The lowest BCUT2D eigenvalue weighted by Crippen LogP contribution is -2.69. The van der Waals surface area contributed by atoms with Crippen LogP contribution in [0.2, 0.25) is 0 Å². The lowest BCUT2D eigenvalue weighted by atomic mass is 9.94. The number of rotatable bonds is 13. The predicted molar refractivity (Wildman–Crippen MR) is 80.9 cm³/mol. The van der Waals surface area contributed by atoms with Gasteiger partial charge in [0.15, 0.2) is 0 Å². The van der Waals surface area contributed by atoms with Crippen LogP contribution in [0.4, 0.5) is 61.5 Å². The molecular formula is C14H18F14O3Si. The zero-order valence-electron chi connectivity index (χ0n) is 16.4. The molecule has 0 radical (unpaired) electrons. The Balaban J connectivity index is 6.41. The summed E-state index contributed by atoms with van der Waals surface area (Å²) in [5.74, 6) is -29.6. The molecule has 0 heterocycles. The molecule has 0 aromatic heterocycles. The average Bonchev–Trinajstić information content (AvgIpc) is 2.59. The molecule has 1 atom stereocenters. The molecule has 0 saturated heterocycles. The van der Waals surface area contributed by atoms with Crippen molar-refractivity contribution < 1.29 is 74.7 Å². The van der Waals surface area contributed by atoms with Crippen LogP contribution < -0.4 is 0 Å². The Labute approximate surface area is 173 Å². The van der Waals surface area contributed by atoms with Crippen LogP contribution in [-0.2, 0) is 13.3 Å². The largest absolute Gasteiger partial charge is 0.574 e. The number of alkyl halides is 14. The van der Waals surface area contributed by atoms with Gasteiger partial charge in [0.2, 0.25) is 0 Å². The summed E-state index contributed by atoms with van der Waals surface area (Å²) in [6, 6.07) is 0. The molecule has 0 fully saturated rings. The van der Waals surface area contributed by atoms with Crippen molar-refractivity contribution in [1.29, 1.82) is 0 Å². The highest BCUT2D eigenvalue weighted by atomic mass is 28.4. The van der Waals surface area contributed by atoms with Crippen LogP contribution in [0.3, 0.4) is 0 Å². The van der Waals surface area contributed by atoms with E-state index in [0.717, 1.165) is 20.8 Å². The van der Waals surface area contributed by atoms with E-state index < -0.39 is 76.6 Å². The molecule has 3 nitrogen and oxygen atoms in total. The van der Waals surface area contributed by atoms with Crippen LogP contribution >= 0.6 is 0 Å². The number of halogens is 14. The van der Waals surface area contributed by atoms with E-state index in [0.29, 0.717) is 0 Å². The van der Waals surface area contributed by atoms with Gasteiger partial charge in [-0.1, -0.05) is 0 Å². The van der Waals surface area contributed by atoms with Gasteiger partial charge in [-0.15, -0.1) is 0 Å². The lowest BCUT2D eigenvalue weighted by Gasteiger charge is -2.41. The average molecular weight is 528 g/mol. The van der Waals surface area contributed by atoms with Crippen molar-refractivity contribution in [2.24, 2.45) is 0 Å². The monoisotopic (exact) mass is 528 g/mol. The topological polar surface area (TPSA) is 27.7 Å². The molecule has 0 aliphatic heterocycles. The first kappa shape index (κ1) is 31.1. The maximum Gasteiger partial charge on any atom is 0.574 e. The van der Waals surface area contributed by atoms with Crippen LogP contribution in [0.5, 0.6) is 0 Å². The summed E-state index contributed by atoms with van der Waals surface area (Å²) in [6.45, 7) is 0.801. The second kappa shape index (κ2) is 9.77. The Kier molecular flexibility index (Phi) is 9.50. The molecular weight excluding hydrogens is 510 g/mol. The van der Waals surface area contributed by atoms with Crippen molar-refractivity contribution in [3.8, 4) is 0 Å². The summed E-state index contributed by atoms with van der Waals surface area (Å²) in [5.41, 5.74) is -5.33. The summed E-state index contributed by atoms with van der Waals surface area (Å²) >= 11 is 0. The molecule has 32 heavy (non-hydrogen) atoms. The van der Waals surface area contributed by atoms with Gasteiger partial charge in [-0.25, -0.2) is 13.2 Å².